The number of rotatable bonds is 3. The minimum Gasteiger partial charge on any atom is -0.380 e. The van der Waals surface area contributed by atoms with Crippen LogP contribution in [0.1, 0.15) is 12.0 Å². The first-order valence-electron chi connectivity index (χ1n) is 5.03. The molecule has 0 amide bonds. The molecular weight excluding hydrogens is 256 g/mol. The Bertz CT molecular complexity index is 356. The van der Waals surface area contributed by atoms with Gasteiger partial charge in [-0.15, -0.1) is 0 Å². The van der Waals surface area contributed by atoms with Crippen LogP contribution in [0.2, 0.25) is 0 Å². The van der Waals surface area contributed by atoms with Gasteiger partial charge in [-0.3, -0.25) is 0 Å². The Labute approximate surface area is 97.8 Å². The predicted octanol–water partition coefficient (Wildman–Crippen LogP) is 2.60. The van der Waals surface area contributed by atoms with Gasteiger partial charge in [0.05, 0.1) is 12.0 Å². The van der Waals surface area contributed by atoms with E-state index < -0.39 is 0 Å². The molecule has 15 heavy (non-hydrogen) atoms. The molecule has 0 radical (unpaired) electrons. The van der Waals surface area contributed by atoms with E-state index in [1.54, 1.807) is 0 Å². The lowest BCUT2D eigenvalue weighted by Gasteiger charge is -2.19. The van der Waals surface area contributed by atoms with Crippen LogP contribution in [-0.2, 0) is 16.0 Å². The average molecular weight is 269 g/mol. The van der Waals surface area contributed by atoms with Crippen molar-refractivity contribution in [2.24, 2.45) is 5.41 Å². The van der Waals surface area contributed by atoms with Crippen molar-refractivity contribution in [2.75, 3.05) is 13.2 Å². The Morgan fingerprint density at radius 1 is 1.53 bits per heavy atom. The SMILES string of the molecule is O=CC1(Cc2cccc(Br)c2)CCOC1. The molecule has 1 aromatic carbocycles. The van der Waals surface area contributed by atoms with Crippen molar-refractivity contribution in [1.82, 2.24) is 0 Å². The van der Waals surface area contributed by atoms with Gasteiger partial charge in [-0.2, -0.15) is 0 Å². The van der Waals surface area contributed by atoms with Crippen molar-refractivity contribution in [3.63, 3.8) is 0 Å². The van der Waals surface area contributed by atoms with E-state index in [1.807, 2.05) is 18.2 Å². The maximum Gasteiger partial charge on any atom is 0.128 e. The van der Waals surface area contributed by atoms with Gasteiger partial charge >= 0.3 is 0 Å². The molecule has 1 unspecified atom stereocenters. The predicted molar refractivity (Wildman–Crippen MR) is 61.8 cm³/mol. The van der Waals surface area contributed by atoms with E-state index in [2.05, 4.69) is 22.0 Å². The maximum absolute atomic E-state index is 11.1. The molecule has 0 saturated carbocycles. The molecule has 80 valence electrons. The molecule has 0 bridgehead atoms. The van der Waals surface area contributed by atoms with Gasteiger partial charge in [0.1, 0.15) is 6.29 Å². The largest absolute Gasteiger partial charge is 0.380 e. The zero-order valence-electron chi connectivity index (χ0n) is 8.41. The molecule has 0 N–H and O–H groups in total. The lowest BCUT2D eigenvalue weighted by molar-refractivity contribution is -0.116. The number of ether oxygens (including phenoxy) is 1. The topological polar surface area (TPSA) is 26.3 Å². The highest BCUT2D eigenvalue weighted by Crippen LogP contribution is 2.31. The second kappa shape index (κ2) is 4.45. The van der Waals surface area contributed by atoms with E-state index in [1.165, 1.54) is 5.56 Å². The van der Waals surface area contributed by atoms with Gasteiger partial charge in [-0.1, -0.05) is 28.1 Å². The summed E-state index contributed by atoms with van der Waals surface area (Å²) in [6, 6.07) is 8.09. The lowest BCUT2D eigenvalue weighted by atomic mass is 9.82. The average Bonchev–Trinajstić information content (AvgIpc) is 2.67. The highest BCUT2D eigenvalue weighted by atomic mass is 79.9. The maximum atomic E-state index is 11.1. The van der Waals surface area contributed by atoms with Crippen LogP contribution in [0.25, 0.3) is 0 Å². The van der Waals surface area contributed by atoms with E-state index in [0.717, 1.165) is 23.6 Å². The highest BCUT2D eigenvalue weighted by Gasteiger charge is 2.34. The van der Waals surface area contributed by atoms with Crippen molar-refractivity contribution in [1.29, 1.82) is 0 Å². The molecule has 1 aliphatic rings. The number of hydrogen-bond donors (Lipinski definition) is 0. The fraction of sp³-hybridized carbons (Fsp3) is 0.417. The number of halogens is 1. The molecule has 1 fully saturated rings. The Balaban J connectivity index is 2.16. The van der Waals surface area contributed by atoms with Gasteiger partial charge < -0.3 is 9.53 Å². The molecular formula is C12H13BrO2. The molecule has 2 nitrogen and oxygen atoms in total. The van der Waals surface area contributed by atoms with Gasteiger partial charge in [0.15, 0.2) is 0 Å². The fourth-order valence-electron chi connectivity index (χ4n) is 1.95. The summed E-state index contributed by atoms with van der Waals surface area (Å²) >= 11 is 3.43. The van der Waals surface area contributed by atoms with E-state index in [0.29, 0.717) is 13.2 Å². The zero-order valence-corrected chi connectivity index (χ0v) is 10.00. The lowest BCUT2D eigenvalue weighted by Crippen LogP contribution is -2.25. The Hall–Kier alpha value is -0.670. The first kappa shape index (κ1) is 10.8. The quantitative estimate of drug-likeness (QED) is 0.788. The minimum absolute atomic E-state index is 0.291. The van der Waals surface area contributed by atoms with Crippen LogP contribution in [0.3, 0.4) is 0 Å². The number of carbonyl (C=O) groups is 1. The summed E-state index contributed by atoms with van der Waals surface area (Å²) in [6.45, 7) is 1.26. The van der Waals surface area contributed by atoms with Crippen LogP contribution in [0.15, 0.2) is 28.7 Å². The third-order valence-electron chi connectivity index (χ3n) is 2.83. The summed E-state index contributed by atoms with van der Waals surface area (Å²) in [6.07, 6.45) is 2.67. The molecule has 3 heteroatoms. The highest BCUT2D eigenvalue weighted by molar-refractivity contribution is 9.10. The molecule has 1 atom stereocenters. The summed E-state index contributed by atoms with van der Waals surface area (Å²) in [7, 11) is 0. The van der Waals surface area contributed by atoms with Crippen molar-refractivity contribution < 1.29 is 9.53 Å². The number of carbonyl (C=O) groups excluding carboxylic acids is 1. The molecule has 0 aromatic heterocycles. The van der Waals surface area contributed by atoms with Crippen LogP contribution in [-0.4, -0.2) is 19.5 Å². The van der Waals surface area contributed by atoms with Crippen LogP contribution < -0.4 is 0 Å². The molecule has 1 aliphatic heterocycles. The molecule has 2 rings (SSSR count). The zero-order chi connectivity index (χ0) is 10.7. The van der Waals surface area contributed by atoms with Crippen LogP contribution in [0.4, 0.5) is 0 Å². The van der Waals surface area contributed by atoms with Crippen LogP contribution in [0.5, 0.6) is 0 Å². The van der Waals surface area contributed by atoms with E-state index in [4.69, 9.17) is 4.74 Å². The van der Waals surface area contributed by atoms with Gasteiger partial charge in [-0.25, -0.2) is 0 Å². The number of aldehydes is 1. The van der Waals surface area contributed by atoms with Crippen molar-refractivity contribution in [3.8, 4) is 0 Å². The standard InChI is InChI=1S/C12H13BrO2/c13-11-3-1-2-10(6-11)7-12(8-14)4-5-15-9-12/h1-3,6,8H,4-5,7,9H2. The van der Waals surface area contributed by atoms with E-state index in [9.17, 15) is 4.79 Å². The van der Waals surface area contributed by atoms with Gasteiger partial charge in [0.2, 0.25) is 0 Å². The van der Waals surface area contributed by atoms with Crippen molar-refractivity contribution >= 4 is 22.2 Å². The fourth-order valence-corrected chi connectivity index (χ4v) is 2.40. The first-order valence-corrected chi connectivity index (χ1v) is 5.82. The van der Waals surface area contributed by atoms with Crippen LogP contribution >= 0.6 is 15.9 Å². The summed E-state index contributed by atoms with van der Waals surface area (Å²) in [5.41, 5.74) is 0.892. The minimum atomic E-state index is -0.291. The summed E-state index contributed by atoms with van der Waals surface area (Å²) < 4.78 is 6.37. The molecule has 1 saturated heterocycles. The molecule has 1 heterocycles. The van der Waals surface area contributed by atoms with Crippen LogP contribution in [0, 0.1) is 5.41 Å². The smallest absolute Gasteiger partial charge is 0.128 e. The van der Waals surface area contributed by atoms with Gasteiger partial charge in [0, 0.05) is 11.1 Å². The van der Waals surface area contributed by atoms with Crippen molar-refractivity contribution in [2.45, 2.75) is 12.8 Å². The monoisotopic (exact) mass is 268 g/mol. The van der Waals surface area contributed by atoms with Gasteiger partial charge in [-0.05, 0) is 30.5 Å². The van der Waals surface area contributed by atoms with Crippen molar-refractivity contribution in [3.05, 3.63) is 34.3 Å². The Kier molecular flexibility index (Phi) is 3.22. The summed E-state index contributed by atoms with van der Waals surface area (Å²) in [5, 5.41) is 0. The second-order valence-corrected chi connectivity index (χ2v) is 5.01. The summed E-state index contributed by atoms with van der Waals surface area (Å²) in [5.74, 6) is 0. The second-order valence-electron chi connectivity index (χ2n) is 4.09. The third-order valence-corrected chi connectivity index (χ3v) is 3.32. The molecule has 0 aliphatic carbocycles. The van der Waals surface area contributed by atoms with Gasteiger partial charge in [0.25, 0.3) is 0 Å². The number of hydrogen-bond acceptors (Lipinski definition) is 2. The molecule has 1 aromatic rings. The Morgan fingerprint density at radius 2 is 2.40 bits per heavy atom. The third kappa shape index (κ3) is 2.47. The normalized spacial score (nSPS) is 25.4. The Morgan fingerprint density at radius 3 is 3.00 bits per heavy atom. The first-order chi connectivity index (χ1) is 7.24. The summed E-state index contributed by atoms with van der Waals surface area (Å²) in [4.78, 5) is 11.1. The van der Waals surface area contributed by atoms with E-state index in [-0.39, 0.29) is 5.41 Å². The van der Waals surface area contributed by atoms with E-state index >= 15 is 0 Å². The number of benzene rings is 1. The molecule has 0 spiro atoms.